The van der Waals surface area contributed by atoms with Crippen LogP contribution in [-0.2, 0) is 0 Å². The molecular weight excluding hydrogens is 278 g/mol. The summed E-state index contributed by atoms with van der Waals surface area (Å²) in [6.07, 6.45) is 0. The zero-order valence-corrected chi connectivity index (χ0v) is 11.7. The van der Waals surface area contributed by atoms with Crippen LogP contribution in [0.4, 0.5) is 5.69 Å². The lowest BCUT2D eigenvalue weighted by atomic mass is 10.1. The van der Waals surface area contributed by atoms with E-state index in [1.807, 2.05) is 18.2 Å². The molecule has 1 atom stereocenters. The predicted molar refractivity (Wildman–Crippen MR) is 73.2 cm³/mol. The summed E-state index contributed by atoms with van der Waals surface area (Å²) in [5, 5.41) is 9.18. The van der Waals surface area contributed by atoms with E-state index in [0.29, 0.717) is 6.04 Å². The summed E-state index contributed by atoms with van der Waals surface area (Å²) in [6, 6.07) is 8.56. The number of likely N-dealkylation sites (N-methyl/N-ethyl adjacent to an activating group) is 1. The summed E-state index contributed by atoms with van der Waals surface area (Å²) in [4.78, 5) is 4.65. The second kappa shape index (κ2) is 5.07. The first-order valence-electron chi connectivity index (χ1n) is 5.76. The molecule has 0 aromatic heterocycles. The van der Waals surface area contributed by atoms with Gasteiger partial charge in [-0.05, 0) is 32.2 Å². The minimum atomic E-state index is 0.440. The van der Waals surface area contributed by atoms with Gasteiger partial charge in [-0.25, -0.2) is 0 Å². The molecule has 0 radical (unpaired) electrons. The Morgan fingerprint density at radius 1 is 1.41 bits per heavy atom. The molecule has 3 nitrogen and oxygen atoms in total. The molecule has 1 aromatic rings. The van der Waals surface area contributed by atoms with Gasteiger partial charge in [0.2, 0.25) is 0 Å². The van der Waals surface area contributed by atoms with E-state index in [1.54, 1.807) is 0 Å². The molecule has 1 aromatic carbocycles. The fraction of sp³-hybridized carbons (Fsp3) is 0.462. The quantitative estimate of drug-likeness (QED) is 0.797. The zero-order chi connectivity index (χ0) is 12.4. The molecule has 17 heavy (non-hydrogen) atoms. The van der Waals surface area contributed by atoms with Gasteiger partial charge in [0, 0.05) is 30.1 Å². The predicted octanol–water partition coefficient (Wildman–Crippen LogP) is 2.46. The van der Waals surface area contributed by atoms with Crippen LogP contribution < -0.4 is 4.90 Å². The number of rotatable bonds is 1. The molecule has 0 bridgehead atoms. The third-order valence-corrected chi connectivity index (χ3v) is 3.71. The van der Waals surface area contributed by atoms with Crippen molar-refractivity contribution in [2.45, 2.75) is 13.0 Å². The Morgan fingerprint density at radius 3 is 2.82 bits per heavy atom. The van der Waals surface area contributed by atoms with E-state index in [4.69, 9.17) is 0 Å². The molecule has 1 aliphatic heterocycles. The number of hydrogen-bond acceptors (Lipinski definition) is 3. The molecule has 4 heteroatoms. The van der Waals surface area contributed by atoms with Gasteiger partial charge in [0.1, 0.15) is 6.07 Å². The number of piperazine rings is 1. The van der Waals surface area contributed by atoms with Crippen molar-refractivity contribution < 1.29 is 0 Å². The second-order valence-corrected chi connectivity index (χ2v) is 5.49. The normalized spacial score (nSPS) is 21.3. The lowest BCUT2D eigenvalue weighted by Gasteiger charge is -2.40. The Kier molecular flexibility index (Phi) is 3.70. The highest BCUT2D eigenvalue weighted by Gasteiger charge is 2.23. The van der Waals surface area contributed by atoms with Crippen LogP contribution in [0.15, 0.2) is 22.7 Å². The van der Waals surface area contributed by atoms with Gasteiger partial charge in [-0.15, -0.1) is 0 Å². The first-order valence-corrected chi connectivity index (χ1v) is 6.56. The van der Waals surface area contributed by atoms with Crippen molar-refractivity contribution >= 4 is 21.6 Å². The van der Waals surface area contributed by atoms with Gasteiger partial charge in [0.25, 0.3) is 0 Å². The Bertz CT molecular complexity index is 452. The Labute approximate surface area is 111 Å². The Morgan fingerprint density at radius 2 is 2.18 bits per heavy atom. The van der Waals surface area contributed by atoms with E-state index in [9.17, 15) is 5.26 Å². The zero-order valence-electron chi connectivity index (χ0n) is 10.2. The van der Waals surface area contributed by atoms with Crippen molar-refractivity contribution in [3.63, 3.8) is 0 Å². The topological polar surface area (TPSA) is 30.3 Å². The summed E-state index contributed by atoms with van der Waals surface area (Å²) in [5.74, 6) is 0. The van der Waals surface area contributed by atoms with Crippen LogP contribution >= 0.6 is 15.9 Å². The van der Waals surface area contributed by atoms with Crippen molar-refractivity contribution in [3.8, 4) is 6.07 Å². The van der Waals surface area contributed by atoms with Crippen LogP contribution in [0, 0.1) is 11.3 Å². The first-order chi connectivity index (χ1) is 8.11. The first kappa shape index (κ1) is 12.4. The van der Waals surface area contributed by atoms with Gasteiger partial charge in [-0.1, -0.05) is 15.9 Å². The molecule has 0 aliphatic carbocycles. The highest BCUT2D eigenvalue weighted by atomic mass is 79.9. The van der Waals surface area contributed by atoms with E-state index in [-0.39, 0.29) is 0 Å². The van der Waals surface area contributed by atoms with Gasteiger partial charge in [-0.2, -0.15) is 5.26 Å². The highest BCUT2D eigenvalue weighted by Crippen LogP contribution is 2.27. The Hall–Kier alpha value is -1.05. The second-order valence-electron chi connectivity index (χ2n) is 4.58. The maximum Gasteiger partial charge on any atom is 0.101 e. The fourth-order valence-corrected chi connectivity index (χ4v) is 2.68. The number of benzene rings is 1. The minimum Gasteiger partial charge on any atom is -0.365 e. The number of anilines is 1. The van der Waals surface area contributed by atoms with Crippen LogP contribution in [0.3, 0.4) is 0 Å². The van der Waals surface area contributed by atoms with Crippen LogP contribution in [0.1, 0.15) is 12.5 Å². The minimum absolute atomic E-state index is 0.440. The van der Waals surface area contributed by atoms with Gasteiger partial charge in [-0.3, -0.25) is 0 Å². The van der Waals surface area contributed by atoms with Crippen LogP contribution in [0.5, 0.6) is 0 Å². The number of nitrogens with zero attached hydrogens (tertiary/aromatic N) is 3. The van der Waals surface area contributed by atoms with Crippen LogP contribution in [0.2, 0.25) is 0 Å². The van der Waals surface area contributed by atoms with E-state index in [1.165, 1.54) is 0 Å². The fourth-order valence-electron chi connectivity index (χ4n) is 2.33. The molecule has 0 saturated carbocycles. The summed E-state index contributed by atoms with van der Waals surface area (Å²) in [7, 11) is 2.14. The van der Waals surface area contributed by atoms with Crippen molar-refractivity contribution in [2.75, 3.05) is 31.6 Å². The van der Waals surface area contributed by atoms with E-state index < -0.39 is 0 Å². The third kappa shape index (κ3) is 2.62. The molecule has 1 heterocycles. The summed E-state index contributed by atoms with van der Waals surface area (Å²) < 4.78 is 1.03. The Balaban J connectivity index is 2.33. The molecule has 1 saturated heterocycles. The molecule has 2 rings (SSSR count). The van der Waals surface area contributed by atoms with Crippen molar-refractivity contribution in [3.05, 3.63) is 28.2 Å². The van der Waals surface area contributed by atoms with E-state index in [2.05, 4.69) is 45.8 Å². The van der Waals surface area contributed by atoms with Crippen LogP contribution in [0.25, 0.3) is 0 Å². The summed E-state index contributed by atoms with van der Waals surface area (Å²) in [6.45, 7) is 5.26. The summed E-state index contributed by atoms with van der Waals surface area (Å²) in [5.41, 5.74) is 1.80. The number of halogens is 1. The molecule has 1 aliphatic rings. The third-order valence-electron chi connectivity index (χ3n) is 3.22. The molecule has 1 unspecified atom stereocenters. The SMILES string of the molecule is CC1CN(C)CCN1c1cc(Br)ccc1C#N. The average molecular weight is 294 g/mol. The number of nitriles is 1. The maximum atomic E-state index is 9.18. The molecular formula is C13H16BrN3. The van der Waals surface area contributed by atoms with Crippen molar-refractivity contribution in [2.24, 2.45) is 0 Å². The molecule has 1 fully saturated rings. The lowest BCUT2D eigenvalue weighted by Crippen LogP contribution is -2.50. The highest BCUT2D eigenvalue weighted by molar-refractivity contribution is 9.10. The average Bonchev–Trinajstić information content (AvgIpc) is 2.29. The largest absolute Gasteiger partial charge is 0.365 e. The molecule has 0 amide bonds. The standard InChI is InChI=1S/C13H16BrN3/c1-10-9-16(2)5-6-17(10)13-7-12(14)4-3-11(13)8-15/h3-4,7,10H,5-6,9H2,1-2H3. The van der Waals surface area contributed by atoms with Crippen LogP contribution in [-0.4, -0.2) is 37.6 Å². The monoisotopic (exact) mass is 293 g/mol. The number of hydrogen-bond donors (Lipinski definition) is 0. The van der Waals surface area contributed by atoms with Gasteiger partial charge in [0.15, 0.2) is 0 Å². The summed E-state index contributed by atoms with van der Waals surface area (Å²) >= 11 is 3.48. The molecule has 0 N–H and O–H groups in total. The van der Waals surface area contributed by atoms with E-state index >= 15 is 0 Å². The van der Waals surface area contributed by atoms with Gasteiger partial charge in [0.05, 0.1) is 11.3 Å². The van der Waals surface area contributed by atoms with Gasteiger partial charge < -0.3 is 9.80 Å². The van der Waals surface area contributed by atoms with Gasteiger partial charge >= 0.3 is 0 Å². The van der Waals surface area contributed by atoms with Crippen molar-refractivity contribution in [1.29, 1.82) is 5.26 Å². The molecule has 0 spiro atoms. The molecule has 90 valence electrons. The van der Waals surface area contributed by atoms with Crippen molar-refractivity contribution in [1.82, 2.24) is 4.90 Å². The lowest BCUT2D eigenvalue weighted by molar-refractivity contribution is 0.275. The smallest absolute Gasteiger partial charge is 0.101 e. The maximum absolute atomic E-state index is 9.18. The van der Waals surface area contributed by atoms with E-state index in [0.717, 1.165) is 35.4 Å².